The summed E-state index contributed by atoms with van der Waals surface area (Å²) in [6.07, 6.45) is 2.24. The first-order valence-corrected chi connectivity index (χ1v) is 4.50. The van der Waals surface area contributed by atoms with Crippen molar-refractivity contribution in [3.05, 3.63) is 0 Å². The monoisotopic (exact) mass is 183 g/mol. The Morgan fingerprint density at radius 3 is 1.82 bits per heavy atom. The van der Waals surface area contributed by atoms with Crippen LogP contribution in [0.15, 0.2) is 0 Å². The van der Waals surface area contributed by atoms with Gasteiger partial charge in [0.05, 0.1) is 0 Å². The summed E-state index contributed by atoms with van der Waals surface area (Å²) in [6.45, 7) is 6.29. The summed E-state index contributed by atoms with van der Waals surface area (Å²) in [7, 11) is 0. The number of nitrogens with zero attached hydrogens (tertiary/aromatic N) is 1. The van der Waals surface area contributed by atoms with Gasteiger partial charge in [-0.25, -0.2) is 0 Å². The molecule has 0 aliphatic rings. The molecule has 0 fully saturated rings. The van der Waals surface area contributed by atoms with E-state index in [1.807, 2.05) is 0 Å². The Balaban J connectivity index is 0. The molecule has 0 aliphatic heterocycles. The Hall–Kier alpha value is 0.707. The summed E-state index contributed by atoms with van der Waals surface area (Å²) in [5.41, 5.74) is 0. The molecule has 0 unspecified atom stereocenters. The van der Waals surface area contributed by atoms with Crippen LogP contribution in [0.5, 0.6) is 0 Å². The number of hydrogen-bond donors (Lipinski definition) is 0. The molecule has 0 amide bonds. The zero-order chi connectivity index (χ0) is 7.98. The van der Waals surface area contributed by atoms with E-state index in [4.69, 9.17) is 24.8 Å². The fraction of sp³-hybridized carbons (Fsp3) is 0.857. The maximum Gasteiger partial charge on any atom is 1.00 e. The third-order valence-electron chi connectivity index (χ3n) is 1.25. The molecule has 0 radical (unpaired) electrons. The van der Waals surface area contributed by atoms with Gasteiger partial charge in [0.15, 0.2) is 0 Å². The standard InChI is InChI=1S/C7H15NS2.Li/c1-3-5-8(6-4-2)7(9)10;/h3-6H2,1-2H3,(H,9,10);/q;+1/p-1. The molecule has 0 heterocycles. The second-order valence-electron chi connectivity index (χ2n) is 2.25. The zero-order valence-electron chi connectivity index (χ0n) is 7.59. The number of rotatable bonds is 4. The predicted molar refractivity (Wildman–Crippen MR) is 52.1 cm³/mol. The van der Waals surface area contributed by atoms with Gasteiger partial charge in [0.2, 0.25) is 0 Å². The van der Waals surface area contributed by atoms with Crippen molar-refractivity contribution in [3.8, 4) is 0 Å². The first kappa shape index (κ1) is 14.2. The molecule has 0 aromatic carbocycles. The third-order valence-corrected chi connectivity index (χ3v) is 1.76. The maximum absolute atomic E-state index is 4.89. The van der Waals surface area contributed by atoms with Crippen LogP contribution in [0.25, 0.3) is 0 Å². The second-order valence-corrected chi connectivity index (χ2v) is 3.28. The van der Waals surface area contributed by atoms with Gasteiger partial charge in [-0.2, -0.15) is 0 Å². The molecule has 11 heavy (non-hydrogen) atoms. The largest absolute Gasteiger partial charge is 1.00 e. The van der Waals surface area contributed by atoms with E-state index in [0.29, 0.717) is 4.32 Å². The van der Waals surface area contributed by atoms with Crippen molar-refractivity contribution in [1.82, 2.24) is 4.90 Å². The predicted octanol–water partition coefficient (Wildman–Crippen LogP) is -1.06. The fourth-order valence-corrected chi connectivity index (χ4v) is 1.20. The van der Waals surface area contributed by atoms with E-state index in [9.17, 15) is 0 Å². The van der Waals surface area contributed by atoms with E-state index in [2.05, 4.69) is 18.7 Å². The van der Waals surface area contributed by atoms with Crippen LogP contribution >= 0.6 is 12.2 Å². The molecule has 0 rings (SSSR count). The quantitative estimate of drug-likeness (QED) is 0.311. The zero-order valence-corrected chi connectivity index (χ0v) is 9.23. The van der Waals surface area contributed by atoms with E-state index < -0.39 is 0 Å². The Morgan fingerprint density at radius 2 is 1.64 bits per heavy atom. The van der Waals surface area contributed by atoms with E-state index in [1.54, 1.807) is 0 Å². The van der Waals surface area contributed by atoms with Gasteiger partial charge in [-0.3, -0.25) is 0 Å². The van der Waals surface area contributed by atoms with E-state index >= 15 is 0 Å². The van der Waals surface area contributed by atoms with Crippen molar-refractivity contribution >= 4 is 29.2 Å². The first-order chi connectivity index (χ1) is 4.72. The van der Waals surface area contributed by atoms with Crippen LogP contribution in [0.3, 0.4) is 0 Å². The van der Waals surface area contributed by atoms with Crippen LogP contribution < -0.4 is 18.9 Å². The molecule has 0 saturated heterocycles. The molecule has 0 atom stereocenters. The summed E-state index contributed by atoms with van der Waals surface area (Å²) >= 11 is 9.78. The Bertz CT molecular complexity index is 103. The third kappa shape index (κ3) is 7.08. The van der Waals surface area contributed by atoms with Gasteiger partial charge in [0.1, 0.15) is 0 Å². The fourth-order valence-electron chi connectivity index (χ4n) is 0.834. The molecule has 0 saturated carbocycles. The molecule has 0 aromatic heterocycles. The molecule has 60 valence electrons. The summed E-state index contributed by atoms with van der Waals surface area (Å²) in [4.78, 5) is 2.07. The molecule has 0 N–H and O–H groups in total. The van der Waals surface area contributed by atoms with Crippen molar-refractivity contribution < 1.29 is 18.9 Å². The van der Waals surface area contributed by atoms with Crippen LogP contribution in [-0.2, 0) is 12.6 Å². The average molecular weight is 183 g/mol. The molecule has 0 spiro atoms. The summed E-state index contributed by atoms with van der Waals surface area (Å²) in [6, 6.07) is 0. The van der Waals surface area contributed by atoms with Crippen LogP contribution in [0, 0.1) is 0 Å². The van der Waals surface area contributed by atoms with Crippen molar-refractivity contribution in [2.45, 2.75) is 26.7 Å². The van der Waals surface area contributed by atoms with Crippen LogP contribution in [0.4, 0.5) is 0 Å². The average Bonchev–Trinajstić information content (AvgIpc) is 1.87. The van der Waals surface area contributed by atoms with Gasteiger partial charge in [-0.1, -0.05) is 18.2 Å². The van der Waals surface area contributed by atoms with Gasteiger partial charge in [-0.15, -0.1) is 0 Å². The summed E-state index contributed by atoms with van der Waals surface area (Å²) < 4.78 is 0.615. The van der Waals surface area contributed by atoms with Crippen LogP contribution in [-0.4, -0.2) is 22.3 Å². The van der Waals surface area contributed by atoms with Gasteiger partial charge in [-0.05, 0) is 12.8 Å². The minimum absolute atomic E-state index is 0. The van der Waals surface area contributed by atoms with Crippen LogP contribution in [0.1, 0.15) is 26.7 Å². The summed E-state index contributed by atoms with van der Waals surface area (Å²) in [5, 5.41) is 0. The normalized spacial score (nSPS) is 8.55. The van der Waals surface area contributed by atoms with Crippen molar-refractivity contribution in [3.63, 3.8) is 0 Å². The molecular weight excluding hydrogens is 169 g/mol. The van der Waals surface area contributed by atoms with Crippen molar-refractivity contribution in [2.75, 3.05) is 13.1 Å². The Morgan fingerprint density at radius 1 is 1.27 bits per heavy atom. The Labute approximate surface area is 92.5 Å². The molecule has 0 aliphatic carbocycles. The van der Waals surface area contributed by atoms with Gasteiger partial charge in [0, 0.05) is 13.1 Å². The molecule has 1 nitrogen and oxygen atoms in total. The number of thiocarbonyl (C=S) groups is 1. The minimum atomic E-state index is 0. The maximum atomic E-state index is 4.89. The van der Waals surface area contributed by atoms with Crippen molar-refractivity contribution in [2.24, 2.45) is 0 Å². The molecular formula is C7H14LiNS2. The van der Waals surface area contributed by atoms with E-state index in [1.165, 1.54) is 0 Å². The second kappa shape index (κ2) is 8.80. The smallest absolute Gasteiger partial charge is 0.411 e. The van der Waals surface area contributed by atoms with Crippen LogP contribution in [0.2, 0.25) is 0 Å². The van der Waals surface area contributed by atoms with Gasteiger partial charge >= 0.3 is 18.9 Å². The van der Waals surface area contributed by atoms with Gasteiger partial charge < -0.3 is 29.7 Å². The Kier molecular flexibility index (Phi) is 11.4. The molecule has 4 heteroatoms. The number of hydrogen-bond acceptors (Lipinski definition) is 2. The van der Waals surface area contributed by atoms with E-state index in [-0.39, 0.29) is 18.9 Å². The van der Waals surface area contributed by atoms with E-state index in [0.717, 1.165) is 25.9 Å². The van der Waals surface area contributed by atoms with Crippen molar-refractivity contribution in [1.29, 1.82) is 0 Å². The molecule has 0 bridgehead atoms. The summed E-state index contributed by atoms with van der Waals surface area (Å²) in [5.74, 6) is 0. The van der Waals surface area contributed by atoms with Gasteiger partial charge in [0.25, 0.3) is 0 Å². The first-order valence-electron chi connectivity index (χ1n) is 3.68. The molecule has 0 aromatic rings. The topological polar surface area (TPSA) is 3.24 Å². The minimum Gasteiger partial charge on any atom is -0.411 e. The SMILES string of the molecule is CCCN(CCC)C(=S)[S-].[Li+].